The lowest BCUT2D eigenvalue weighted by atomic mass is 10.0. The predicted octanol–water partition coefficient (Wildman–Crippen LogP) is 6.31. The lowest BCUT2D eigenvalue weighted by Crippen LogP contribution is -2.02. The van der Waals surface area contributed by atoms with Gasteiger partial charge in [0.25, 0.3) is 0 Å². The summed E-state index contributed by atoms with van der Waals surface area (Å²) in [7, 11) is 0. The quantitative estimate of drug-likeness (QED) is 0.367. The van der Waals surface area contributed by atoms with Crippen molar-refractivity contribution in [3.63, 3.8) is 0 Å². The van der Waals surface area contributed by atoms with Gasteiger partial charge in [-0.05, 0) is 22.0 Å². The Morgan fingerprint density at radius 2 is 1.46 bits per heavy atom. The van der Waals surface area contributed by atoms with E-state index in [1.807, 2.05) is 60.7 Å². The third-order valence-electron chi connectivity index (χ3n) is 4.13. The van der Waals surface area contributed by atoms with Crippen LogP contribution < -0.4 is 0 Å². The van der Waals surface area contributed by atoms with Gasteiger partial charge in [-0.1, -0.05) is 60.7 Å². The Balaban J connectivity index is 2.00. The molecule has 4 heteroatoms. The molecule has 0 unspecified atom stereocenters. The summed E-state index contributed by atoms with van der Waals surface area (Å²) in [5.41, 5.74) is 3.28. The second-order valence-electron chi connectivity index (χ2n) is 5.81. The molecule has 1 aromatic heterocycles. The van der Waals surface area contributed by atoms with Crippen LogP contribution >= 0.6 is 15.9 Å². The minimum absolute atomic E-state index is 0.345. The van der Waals surface area contributed by atoms with Crippen LogP contribution in [0.1, 0.15) is 11.1 Å². The van der Waals surface area contributed by atoms with E-state index in [0.717, 1.165) is 27.6 Å². The maximum Gasteiger partial charge on any atom is 0.140 e. The van der Waals surface area contributed by atoms with Crippen molar-refractivity contribution in [3.8, 4) is 0 Å². The van der Waals surface area contributed by atoms with E-state index in [1.165, 1.54) is 6.07 Å². The van der Waals surface area contributed by atoms with Gasteiger partial charge in [0.2, 0.25) is 0 Å². The number of hydrogen-bond donors (Lipinski definition) is 0. The highest BCUT2D eigenvalue weighted by atomic mass is 79.9. The number of nitrogens with zero attached hydrogens (tertiary/aromatic N) is 2. The number of fused-ring (bicyclic) bond motifs is 1. The lowest BCUT2D eigenvalue weighted by molar-refractivity contribution is 0.624. The Bertz CT molecular complexity index is 1050. The van der Waals surface area contributed by atoms with E-state index in [0.29, 0.717) is 10.2 Å². The molecular weight excluding hydrogens is 391 g/mol. The summed E-state index contributed by atoms with van der Waals surface area (Å²) in [6, 6.07) is 23.0. The van der Waals surface area contributed by atoms with E-state index in [2.05, 4.69) is 20.9 Å². The first kappa shape index (κ1) is 16.6. The molecule has 0 bridgehead atoms. The van der Waals surface area contributed by atoms with Crippen LogP contribution in [-0.2, 0) is 0 Å². The SMILES string of the molecule is Fc1cc(N=C(c2ccccc2)c2ccccc2)c2cnccc2c1Br. The number of halogens is 2. The highest BCUT2D eigenvalue weighted by Gasteiger charge is 2.12. The van der Waals surface area contributed by atoms with Crippen molar-refractivity contribution in [2.75, 3.05) is 0 Å². The third kappa shape index (κ3) is 3.16. The Labute approximate surface area is 159 Å². The van der Waals surface area contributed by atoms with Crippen molar-refractivity contribution in [1.29, 1.82) is 0 Å². The summed E-state index contributed by atoms with van der Waals surface area (Å²) in [5, 5.41) is 1.55. The van der Waals surface area contributed by atoms with Crippen molar-refractivity contribution in [3.05, 3.63) is 107 Å². The Morgan fingerprint density at radius 1 is 0.846 bits per heavy atom. The van der Waals surface area contributed by atoms with Gasteiger partial charge < -0.3 is 0 Å². The molecule has 126 valence electrons. The van der Waals surface area contributed by atoms with Crippen LogP contribution in [0.2, 0.25) is 0 Å². The van der Waals surface area contributed by atoms with E-state index in [1.54, 1.807) is 18.5 Å². The van der Waals surface area contributed by atoms with E-state index in [9.17, 15) is 4.39 Å². The standard InChI is InChI=1S/C22H14BrFN2/c23-21-17-11-12-25-14-18(17)20(13-19(21)24)26-22(15-7-3-1-4-8-15)16-9-5-2-6-10-16/h1-14H. The molecule has 0 N–H and O–H groups in total. The van der Waals surface area contributed by atoms with Crippen LogP contribution in [0.3, 0.4) is 0 Å². The smallest absolute Gasteiger partial charge is 0.140 e. The molecule has 0 aliphatic rings. The van der Waals surface area contributed by atoms with Gasteiger partial charge in [0.15, 0.2) is 0 Å². The molecular formula is C22H14BrFN2. The fourth-order valence-electron chi connectivity index (χ4n) is 2.88. The Morgan fingerprint density at radius 3 is 2.08 bits per heavy atom. The summed E-state index contributed by atoms with van der Waals surface area (Å²) in [6.07, 6.45) is 3.36. The molecule has 0 aliphatic heterocycles. The zero-order valence-electron chi connectivity index (χ0n) is 13.7. The van der Waals surface area contributed by atoms with E-state index < -0.39 is 0 Å². The maximum atomic E-state index is 14.4. The van der Waals surface area contributed by atoms with Gasteiger partial charge in [-0.2, -0.15) is 0 Å². The largest absolute Gasteiger partial charge is 0.264 e. The first-order valence-electron chi connectivity index (χ1n) is 8.15. The second kappa shape index (κ2) is 7.18. The first-order valence-corrected chi connectivity index (χ1v) is 8.94. The van der Waals surface area contributed by atoms with Gasteiger partial charge in [0.1, 0.15) is 5.82 Å². The summed E-state index contributed by atoms with van der Waals surface area (Å²) in [4.78, 5) is 9.03. The van der Waals surface area contributed by atoms with Crippen LogP contribution in [0.5, 0.6) is 0 Å². The molecule has 0 aliphatic carbocycles. The minimum Gasteiger partial charge on any atom is -0.264 e. The topological polar surface area (TPSA) is 25.2 Å². The van der Waals surface area contributed by atoms with Crippen LogP contribution in [0.25, 0.3) is 10.8 Å². The van der Waals surface area contributed by atoms with Crippen molar-refractivity contribution < 1.29 is 4.39 Å². The molecule has 0 atom stereocenters. The normalized spacial score (nSPS) is 10.7. The summed E-state index contributed by atoms with van der Waals surface area (Å²) >= 11 is 3.32. The zero-order chi connectivity index (χ0) is 17.9. The van der Waals surface area contributed by atoms with Gasteiger partial charge in [-0.15, -0.1) is 0 Å². The molecule has 0 saturated heterocycles. The highest BCUT2D eigenvalue weighted by molar-refractivity contribution is 9.10. The monoisotopic (exact) mass is 404 g/mol. The lowest BCUT2D eigenvalue weighted by Gasteiger charge is -2.10. The first-order chi connectivity index (χ1) is 12.7. The average Bonchev–Trinajstić information content (AvgIpc) is 2.71. The van der Waals surface area contributed by atoms with Gasteiger partial charge in [0, 0.05) is 40.4 Å². The van der Waals surface area contributed by atoms with Crippen molar-refractivity contribution in [2.45, 2.75) is 0 Å². The summed E-state index contributed by atoms with van der Waals surface area (Å²) in [5.74, 6) is -0.345. The molecule has 26 heavy (non-hydrogen) atoms. The third-order valence-corrected chi connectivity index (χ3v) is 4.94. The van der Waals surface area contributed by atoms with E-state index in [-0.39, 0.29) is 5.82 Å². The Kier molecular flexibility index (Phi) is 4.59. The van der Waals surface area contributed by atoms with E-state index >= 15 is 0 Å². The molecule has 0 radical (unpaired) electrons. The number of aliphatic imine (C=N–C) groups is 1. The van der Waals surface area contributed by atoms with Gasteiger partial charge in [-0.3, -0.25) is 4.98 Å². The molecule has 4 aromatic rings. The van der Waals surface area contributed by atoms with Crippen LogP contribution in [0.4, 0.5) is 10.1 Å². The zero-order valence-corrected chi connectivity index (χ0v) is 15.3. The molecule has 3 aromatic carbocycles. The summed E-state index contributed by atoms with van der Waals surface area (Å²) in [6.45, 7) is 0. The molecule has 4 rings (SSSR count). The van der Waals surface area contributed by atoms with Crippen LogP contribution in [-0.4, -0.2) is 10.7 Å². The molecule has 0 fully saturated rings. The molecule has 0 spiro atoms. The van der Waals surface area contributed by atoms with Gasteiger partial charge in [0.05, 0.1) is 15.9 Å². The number of pyridine rings is 1. The van der Waals surface area contributed by atoms with Crippen molar-refractivity contribution in [2.24, 2.45) is 4.99 Å². The Hall–Kier alpha value is -2.85. The molecule has 2 nitrogen and oxygen atoms in total. The van der Waals surface area contributed by atoms with Crippen molar-refractivity contribution >= 4 is 38.1 Å². The number of rotatable bonds is 3. The summed E-state index contributed by atoms with van der Waals surface area (Å²) < 4.78 is 14.9. The fourth-order valence-corrected chi connectivity index (χ4v) is 3.34. The molecule has 0 amide bonds. The number of hydrogen-bond acceptors (Lipinski definition) is 2. The molecule has 1 heterocycles. The maximum absolute atomic E-state index is 14.4. The number of benzene rings is 3. The van der Waals surface area contributed by atoms with Crippen LogP contribution in [0, 0.1) is 5.82 Å². The minimum atomic E-state index is -0.345. The van der Waals surface area contributed by atoms with Crippen LogP contribution in [0.15, 0.2) is 94.7 Å². The van der Waals surface area contributed by atoms with Gasteiger partial charge in [-0.25, -0.2) is 9.38 Å². The highest BCUT2D eigenvalue weighted by Crippen LogP contribution is 2.34. The second-order valence-corrected chi connectivity index (χ2v) is 6.60. The molecule has 0 saturated carbocycles. The average molecular weight is 405 g/mol. The van der Waals surface area contributed by atoms with Crippen molar-refractivity contribution in [1.82, 2.24) is 4.98 Å². The van der Waals surface area contributed by atoms with Gasteiger partial charge >= 0.3 is 0 Å². The number of aromatic nitrogens is 1. The fraction of sp³-hybridized carbons (Fsp3) is 0. The van der Waals surface area contributed by atoms with E-state index in [4.69, 9.17) is 4.99 Å². The predicted molar refractivity (Wildman–Crippen MR) is 108 cm³/mol.